The van der Waals surface area contributed by atoms with Crippen LogP contribution in [-0.2, 0) is 10.0 Å². The predicted octanol–water partition coefficient (Wildman–Crippen LogP) is 2.41. The third-order valence-corrected chi connectivity index (χ3v) is 5.26. The molecule has 1 saturated heterocycles. The summed E-state index contributed by atoms with van der Waals surface area (Å²) in [6.45, 7) is 5.20. The summed E-state index contributed by atoms with van der Waals surface area (Å²) in [5.41, 5.74) is 0. The first kappa shape index (κ1) is 16.9. The molecule has 0 radical (unpaired) electrons. The van der Waals surface area contributed by atoms with E-state index in [4.69, 9.17) is 0 Å². The van der Waals surface area contributed by atoms with Gasteiger partial charge in [-0.05, 0) is 32.2 Å². The molecular formula is C14H30N2O2S. The van der Waals surface area contributed by atoms with Gasteiger partial charge >= 0.3 is 0 Å². The lowest BCUT2D eigenvalue weighted by Crippen LogP contribution is -2.45. The molecule has 0 aromatic carbocycles. The number of sulfonamides is 1. The van der Waals surface area contributed by atoms with Crippen LogP contribution in [0.15, 0.2) is 0 Å². The van der Waals surface area contributed by atoms with Gasteiger partial charge in [0.1, 0.15) is 0 Å². The smallest absolute Gasteiger partial charge is 0.213 e. The van der Waals surface area contributed by atoms with Crippen LogP contribution in [0, 0.1) is 0 Å². The van der Waals surface area contributed by atoms with Crippen LogP contribution in [0.4, 0.5) is 0 Å². The van der Waals surface area contributed by atoms with Crippen molar-refractivity contribution < 1.29 is 8.42 Å². The maximum atomic E-state index is 12.2. The zero-order valence-electron chi connectivity index (χ0n) is 12.5. The van der Waals surface area contributed by atoms with Gasteiger partial charge in [-0.2, -0.15) is 0 Å². The lowest BCUT2D eigenvalue weighted by Gasteiger charge is -2.25. The first-order chi connectivity index (χ1) is 9.07. The second-order valence-corrected chi connectivity index (χ2v) is 7.47. The Bertz CT molecular complexity index is 324. The quantitative estimate of drug-likeness (QED) is 0.685. The van der Waals surface area contributed by atoms with Crippen molar-refractivity contribution in [2.24, 2.45) is 0 Å². The standard InChI is InChI=1S/C14H30N2O2S/c1-3-5-9-13(8-4-2)16-19(17,18)12-14-10-6-7-11-15-14/h13-16H,3-12H2,1-2H3. The summed E-state index contributed by atoms with van der Waals surface area (Å²) in [6.07, 6.45) is 8.42. The maximum Gasteiger partial charge on any atom is 0.213 e. The summed E-state index contributed by atoms with van der Waals surface area (Å²) in [4.78, 5) is 0. The van der Waals surface area contributed by atoms with Crippen molar-refractivity contribution in [2.45, 2.75) is 77.3 Å². The molecule has 1 heterocycles. The van der Waals surface area contributed by atoms with Crippen LogP contribution in [0.25, 0.3) is 0 Å². The van der Waals surface area contributed by atoms with Gasteiger partial charge in [0, 0.05) is 12.1 Å². The maximum absolute atomic E-state index is 12.2. The summed E-state index contributed by atoms with van der Waals surface area (Å²) < 4.78 is 27.3. The van der Waals surface area contributed by atoms with Crippen molar-refractivity contribution in [3.05, 3.63) is 0 Å². The highest BCUT2D eigenvalue weighted by Gasteiger charge is 2.23. The molecule has 19 heavy (non-hydrogen) atoms. The summed E-state index contributed by atoms with van der Waals surface area (Å²) in [5.74, 6) is 0.235. The Hall–Kier alpha value is -0.130. The number of unbranched alkanes of at least 4 members (excludes halogenated alkanes) is 1. The monoisotopic (exact) mass is 290 g/mol. The van der Waals surface area contributed by atoms with Crippen molar-refractivity contribution in [2.75, 3.05) is 12.3 Å². The lowest BCUT2D eigenvalue weighted by atomic mass is 10.1. The van der Waals surface area contributed by atoms with Crippen molar-refractivity contribution in [3.63, 3.8) is 0 Å². The fourth-order valence-electron chi connectivity index (χ4n) is 2.69. The molecule has 0 spiro atoms. The minimum Gasteiger partial charge on any atom is -0.313 e. The number of rotatable bonds is 9. The topological polar surface area (TPSA) is 58.2 Å². The van der Waals surface area contributed by atoms with E-state index >= 15 is 0 Å². The minimum atomic E-state index is -3.15. The summed E-state index contributed by atoms with van der Waals surface area (Å²) in [6, 6.07) is 0.262. The minimum absolute atomic E-state index is 0.124. The average molecular weight is 290 g/mol. The molecule has 114 valence electrons. The first-order valence-electron chi connectivity index (χ1n) is 7.80. The number of hydrogen-bond acceptors (Lipinski definition) is 3. The van der Waals surface area contributed by atoms with Gasteiger partial charge in [-0.15, -0.1) is 0 Å². The molecule has 5 heteroatoms. The third-order valence-electron chi connectivity index (χ3n) is 3.72. The fraction of sp³-hybridized carbons (Fsp3) is 1.00. The van der Waals surface area contributed by atoms with Gasteiger partial charge in [0.05, 0.1) is 5.75 Å². The molecule has 1 aliphatic rings. The Morgan fingerprint density at radius 3 is 2.58 bits per heavy atom. The second-order valence-electron chi connectivity index (χ2n) is 5.67. The summed E-state index contributed by atoms with van der Waals surface area (Å²) >= 11 is 0. The van der Waals surface area contributed by atoms with Crippen molar-refractivity contribution >= 4 is 10.0 Å². The highest BCUT2D eigenvalue weighted by Crippen LogP contribution is 2.12. The molecule has 1 fully saturated rings. The molecule has 4 nitrogen and oxygen atoms in total. The molecule has 0 saturated carbocycles. The molecule has 2 unspecified atom stereocenters. The molecule has 1 rings (SSSR count). The zero-order chi connectivity index (χ0) is 14.1. The Morgan fingerprint density at radius 1 is 1.21 bits per heavy atom. The number of piperidine rings is 1. The fourth-order valence-corrected chi connectivity index (χ4v) is 4.35. The molecular weight excluding hydrogens is 260 g/mol. The van der Waals surface area contributed by atoms with E-state index in [0.717, 1.165) is 51.5 Å². The second kappa shape index (κ2) is 8.93. The molecule has 0 bridgehead atoms. The van der Waals surface area contributed by atoms with Crippen LogP contribution in [0.3, 0.4) is 0 Å². The van der Waals surface area contributed by atoms with Crippen molar-refractivity contribution in [3.8, 4) is 0 Å². The molecule has 0 aromatic heterocycles. The molecule has 0 aromatic rings. The summed E-state index contributed by atoms with van der Waals surface area (Å²) in [7, 11) is -3.15. The highest BCUT2D eigenvalue weighted by molar-refractivity contribution is 7.89. The third kappa shape index (κ3) is 7.28. The van der Waals surface area contributed by atoms with Crippen LogP contribution in [-0.4, -0.2) is 32.8 Å². The van der Waals surface area contributed by atoms with E-state index in [9.17, 15) is 8.42 Å². The van der Waals surface area contributed by atoms with Crippen molar-refractivity contribution in [1.29, 1.82) is 0 Å². The van der Waals surface area contributed by atoms with Gasteiger partial charge in [-0.25, -0.2) is 13.1 Å². The van der Waals surface area contributed by atoms with E-state index in [1.807, 2.05) is 0 Å². The predicted molar refractivity (Wildman–Crippen MR) is 80.8 cm³/mol. The Labute approximate surface area is 118 Å². The van der Waals surface area contributed by atoms with Gasteiger partial charge in [0.15, 0.2) is 0 Å². The lowest BCUT2D eigenvalue weighted by molar-refractivity contribution is 0.418. The highest BCUT2D eigenvalue weighted by atomic mass is 32.2. The largest absolute Gasteiger partial charge is 0.313 e. The van der Waals surface area contributed by atoms with E-state index in [0.29, 0.717) is 0 Å². The first-order valence-corrected chi connectivity index (χ1v) is 9.46. The van der Waals surface area contributed by atoms with Gasteiger partial charge < -0.3 is 5.32 Å². The van der Waals surface area contributed by atoms with E-state index in [2.05, 4.69) is 23.9 Å². The molecule has 0 amide bonds. The number of nitrogens with one attached hydrogen (secondary N) is 2. The molecule has 2 N–H and O–H groups in total. The van der Waals surface area contributed by atoms with Crippen LogP contribution in [0.2, 0.25) is 0 Å². The van der Waals surface area contributed by atoms with E-state index in [1.165, 1.54) is 6.42 Å². The normalized spacial score (nSPS) is 22.3. The van der Waals surface area contributed by atoms with Crippen LogP contribution >= 0.6 is 0 Å². The Morgan fingerprint density at radius 2 is 2.00 bits per heavy atom. The molecule has 2 atom stereocenters. The van der Waals surface area contributed by atoms with Gasteiger partial charge in [-0.3, -0.25) is 0 Å². The average Bonchev–Trinajstić information content (AvgIpc) is 2.36. The van der Waals surface area contributed by atoms with Crippen LogP contribution in [0.5, 0.6) is 0 Å². The van der Waals surface area contributed by atoms with Crippen molar-refractivity contribution in [1.82, 2.24) is 10.0 Å². The van der Waals surface area contributed by atoms with E-state index in [1.54, 1.807) is 0 Å². The number of hydrogen-bond donors (Lipinski definition) is 2. The SMILES string of the molecule is CCCCC(CCC)NS(=O)(=O)CC1CCCCN1. The van der Waals surface area contributed by atoms with Gasteiger partial charge in [-0.1, -0.05) is 39.5 Å². The Kier molecular flexibility index (Phi) is 7.95. The van der Waals surface area contributed by atoms with Crippen LogP contribution < -0.4 is 10.0 Å². The Balaban J connectivity index is 2.44. The van der Waals surface area contributed by atoms with E-state index < -0.39 is 10.0 Å². The van der Waals surface area contributed by atoms with E-state index in [-0.39, 0.29) is 17.8 Å². The zero-order valence-corrected chi connectivity index (χ0v) is 13.3. The summed E-state index contributed by atoms with van der Waals surface area (Å²) in [5, 5.41) is 3.30. The van der Waals surface area contributed by atoms with Crippen LogP contribution in [0.1, 0.15) is 65.2 Å². The van der Waals surface area contributed by atoms with Gasteiger partial charge in [0.2, 0.25) is 10.0 Å². The molecule has 0 aliphatic carbocycles. The van der Waals surface area contributed by atoms with Gasteiger partial charge in [0.25, 0.3) is 0 Å². The molecule has 1 aliphatic heterocycles.